The van der Waals surface area contributed by atoms with Crippen molar-refractivity contribution >= 4 is 22.8 Å². The molecule has 2 aromatic heterocycles. The molecule has 1 amide bonds. The number of fused-ring (bicyclic) bond motifs is 2. The van der Waals surface area contributed by atoms with E-state index in [2.05, 4.69) is 33.7 Å². The number of nitrogens with one attached hydrogen (secondary N) is 1. The van der Waals surface area contributed by atoms with Crippen molar-refractivity contribution in [2.24, 2.45) is 22.5 Å². The number of aromatic nitrogens is 3. The fourth-order valence-electron chi connectivity index (χ4n) is 4.50. The number of anilines is 1. The molecule has 110 valence electrons. The molecule has 2 fully saturated rings. The van der Waals surface area contributed by atoms with Crippen LogP contribution in [0.3, 0.4) is 0 Å². The van der Waals surface area contributed by atoms with Gasteiger partial charge in [0.1, 0.15) is 17.8 Å². The van der Waals surface area contributed by atoms with Crippen molar-refractivity contribution in [3.05, 3.63) is 18.6 Å². The summed E-state index contributed by atoms with van der Waals surface area (Å²) in [7, 11) is 0. The van der Waals surface area contributed by atoms with Crippen LogP contribution in [0.1, 0.15) is 20.3 Å². The van der Waals surface area contributed by atoms with Gasteiger partial charge in [-0.05, 0) is 23.8 Å². The Hall–Kier alpha value is -2.11. The van der Waals surface area contributed by atoms with E-state index in [0.717, 1.165) is 29.8 Å². The lowest BCUT2D eigenvalue weighted by atomic mass is 9.48. The van der Waals surface area contributed by atoms with E-state index in [1.807, 2.05) is 12.3 Å². The topological polar surface area (TPSA) is 87.9 Å². The second-order valence-corrected chi connectivity index (χ2v) is 7.06. The quantitative estimate of drug-likeness (QED) is 0.870. The zero-order chi connectivity index (χ0) is 14.8. The number of hydrogen-bond donors (Lipinski definition) is 2. The highest BCUT2D eigenvalue weighted by Crippen LogP contribution is 2.63. The van der Waals surface area contributed by atoms with E-state index in [-0.39, 0.29) is 11.3 Å². The molecule has 0 spiro atoms. The van der Waals surface area contributed by atoms with Crippen LogP contribution < -0.4 is 10.6 Å². The summed E-state index contributed by atoms with van der Waals surface area (Å²) in [4.78, 5) is 26.0. The number of carbonyl (C=O) groups is 1. The lowest BCUT2D eigenvalue weighted by Gasteiger charge is -2.54. The molecule has 0 radical (unpaired) electrons. The molecule has 0 unspecified atom stereocenters. The summed E-state index contributed by atoms with van der Waals surface area (Å²) in [6.45, 7) is 5.92. The molecule has 3 N–H and O–H groups in total. The van der Waals surface area contributed by atoms with Gasteiger partial charge in [-0.15, -0.1) is 0 Å². The van der Waals surface area contributed by atoms with Gasteiger partial charge in [-0.3, -0.25) is 4.79 Å². The molecule has 2 atom stereocenters. The van der Waals surface area contributed by atoms with Crippen LogP contribution in [-0.4, -0.2) is 33.9 Å². The number of rotatable bonds is 2. The Morgan fingerprint density at radius 3 is 2.95 bits per heavy atom. The Morgan fingerprint density at radius 1 is 1.48 bits per heavy atom. The molecular formula is C15H19N5O. The number of nitrogens with zero attached hydrogens (tertiary/aromatic N) is 3. The monoisotopic (exact) mass is 285 g/mol. The van der Waals surface area contributed by atoms with Crippen LogP contribution in [0.15, 0.2) is 18.6 Å². The van der Waals surface area contributed by atoms with E-state index in [9.17, 15) is 4.79 Å². The number of carbonyl (C=O) groups excluding carboxylic acids is 1. The largest absolute Gasteiger partial charge is 0.369 e. The minimum atomic E-state index is -0.392. The van der Waals surface area contributed by atoms with Crippen LogP contribution in [0.25, 0.3) is 11.0 Å². The molecule has 4 rings (SSSR count). The third-order valence-corrected chi connectivity index (χ3v) is 5.38. The summed E-state index contributed by atoms with van der Waals surface area (Å²) < 4.78 is 0. The predicted octanol–water partition coefficient (Wildman–Crippen LogP) is 1.30. The highest BCUT2D eigenvalue weighted by Gasteiger charge is 2.66. The molecule has 1 aliphatic heterocycles. The summed E-state index contributed by atoms with van der Waals surface area (Å²) in [6.07, 6.45) is 4.29. The van der Waals surface area contributed by atoms with E-state index in [4.69, 9.17) is 5.73 Å². The van der Waals surface area contributed by atoms with Gasteiger partial charge in [0, 0.05) is 19.3 Å². The van der Waals surface area contributed by atoms with Gasteiger partial charge in [0.05, 0.1) is 10.8 Å². The fourth-order valence-corrected chi connectivity index (χ4v) is 4.50. The van der Waals surface area contributed by atoms with Gasteiger partial charge in [-0.2, -0.15) is 0 Å². The second kappa shape index (κ2) is 3.75. The first-order valence-corrected chi connectivity index (χ1v) is 7.27. The van der Waals surface area contributed by atoms with Crippen molar-refractivity contribution in [3.8, 4) is 0 Å². The zero-order valence-electron chi connectivity index (χ0n) is 12.3. The van der Waals surface area contributed by atoms with Crippen molar-refractivity contribution in [1.82, 2.24) is 15.0 Å². The van der Waals surface area contributed by atoms with E-state index < -0.39 is 5.41 Å². The van der Waals surface area contributed by atoms with Gasteiger partial charge in [-0.25, -0.2) is 9.97 Å². The predicted molar refractivity (Wildman–Crippen MR) is 79.6 cm³/mol. The Labute approximate surface area is 122 Å². The minimum Gasteiger partial charge on any atom is -0.369 e. The first-order valence-electron chi connectivity index (χ1n) is 7.27. The molecule has 0 aromatic carbocycles. The molecule has 1 saturated heterocycles. The van der Waals surface area contributed by atoms with Crippen molar-refractivity contribution in [2.75, 3.05) is 18.0 Å². The van der Waals surface area contributed by atoms with Gasteiger partial charge in [0.2, 0.25) is 5.91 Å². The summed E-state index contributed by atoms with van der Waals surface area (Å²) in [5, 5.41) is 0.997. The van der Waals surface area contributed by atoms with Crippen molar-refractivity contribution in [1.29, 1.82) is 0 Å². The van der Waals surface area contributed by atoms with Crippen LogP contribution in [0, 0.1) is 16.7 Å². The lowest BCUT2D eigenvalue weighted by Crippen LogP contribution is -2.59. The summed E-state index contributed by atoms with van der Waals surface area (Å²) in [5.41, 5.74) is 6.32. The number of amides is 1. The van der Waals surface area contributed by atoms with Gasteiger partial charge in [0.15, 0.2) is 0 Å². The molecule has 2 aliphatic rings. The third-order valence-electron chi connectivity index (χ3n) is 5.38. The average Bonchev–Trinajstić information content (AvgIpc) is 3.00. The maximum absolute atomic E-state index is 12.0. The highest BCUT2D eigenvalue weighted by atomic mass is 16.1. The number of nitrogens with two attached hydrogens (primary N) is 1. The molecule has 6 nitrogen and oxygen atoms in total. The number of primary amides is 1. The molecule has 21 heavy (non-hydrogen) atoms. The maximum Gasteiger partial charge on any atom is 0.225 e. The van der Waals surface area contributed by atoms with E-state index >= 15 is 0 Å². The molecular weight excluding hydrogens is 266 g/mol. The molecule has 6 heteroatoms. The lowest BCUT2D eigenvalue weighted by molar-refractivity contribution is -0.148. The zero-order valence-corrected chi connectivity index (χ0v) is 12.3. The van der Waals surface area contributed by atoms with Crippen molar-refractivity contribution in [2.45, 2.75) is 20.3 Å². The van der Waals surface area contributed by atoms with E-state index in [0.29, 0.717) is 12.5 Å². The average molecular weight is 285 g/mol. The van der Waals surface area contributed by atoms with Crippen molar-refractivity contribution in [3.63, 3.8) is 0 Å². The van der Waals surface area contributed by atoms with Gasteiger partial charge < -0.3 is 15.6 Å². The first-order chi connectivity index (χ1) is 9.94. The number of hydrogen-bond acceptors (Lipinski definition) is 4. The summed E-state index contributed by atoms with van der Waals surface area (Å²) >= 11 is 0. The minimum absolute atomic E-state index is 0.161. The van der Waals surface area contributed by atoms with E-state index in [1.54, 1.807) is 6.33 Å². The van der Waals surface area contributed by atoms with Crippen molar-refractivity contribution < 1.29 is 4.79 Å². The summed E-state index contributed by atoms with van der Waals surface area (Å²) in [5.74, 6) is 1.02. The van der Waals surface area contributed by atoms with Gasteiger partial charge in [-0.1, -0.05) is 13.8 Å². The van der Waals surface area contributed by atoms with Gasteiger partial charge >= 0.3 is 0 Å². The molecule has 1 saturated carbocycles. The van der Waals surface area contributed by atoms with Crippen LogP contribution in [0.4, 0.5) is 5.82 Å². The summed E-state index contributed by atoms with van der Waals surface area (Å²) in [6, 6.07) is 1.98. The van der Waals surface area contributed by atoms with Crippen LogP contribution in [0.2, 0.25) is 0 Å². The fraction of sp³-hybridized carbons (Fsp3) is 0.533. The molecule has 3 heterocycles. The molecule has 1 aliphatic carbocycles. The standard InChI is InChI=1S/C15H19N5O/c1-14(2)6-15(13(16)21)7-20(5-10(14)15)12-9-3-4-17-11(9)18-8-19-12/h3-4,8,10H,5-7H2,1-2H3,(H2,16,21)(H,17,18,19)/t10-,15+/m1/s1. The molecule has 2 aromatic rings. The smallest absolute Gasteiger partial charge is 0.225 e. The second-order valence-electron chi connectivity index (χ2n) is 7.06. The SMILES string of the molecule is CC1(C)C[C@]2(C(N)=O)CN(c3ncnc4[nH]ccc34)C[C@H]12. The Morgan fingerprint density at radius 2 is 2.29 bits per heavy atom. The van der Waals surface area contributed by atoms with Crippen LogP contribution >= 0.6 is 0 Å². The van der Waals surface area contributed by atoms with Gasteiger partial charge in [0.25, 0.3) is 0 Å². The Bertz CT molecular complexity index is 736. The maximum atomic E-state index is 12.0. The normalized spacial score (nSPS) is 30.2. The Kier molecular flexibility index (Phi) is 2.25. The van der Waals surface area contributed by atoms with Crippen LogP contribution in [0.5, 0.6) is 0 Å². The van der Waals surface area contributed by atoms with E-state index in [1.165, 1.54) is 0 Å². The Balaban J connectivity index is 1.76. The number of H-pyrrole nitrogens is 1. The highest BCUT2D eigenvalue weighted by molar-refractivity contribution is 5.89. The molecule has 0 bridgehead atoms. The first kappa shape index (κ1) is 12.6. The van der Waals surface area contributed by atoms with Crippen LogP contribution in [-0.2, 0) is 4.79 Å². The third kappa shape index (κ3) is 1.50. The number of aromatic amines is 1.